The zero-order valence-electron chi connectivity index (χ0n) is 19.4. The molecule has 0 saturated heterocycles. The molecule has 2 heterocycles. The van der Waals surface area contributed by atoms with Gasteiger partial charge in [-0.25, -0.2) is 4.79 Å². The summed E-state index contributed by atoms with van der Waals surface area (Å²) in [5, 5.41) is 7.15. The van der Waals surface area contributed by atoms with Crippen LogP contribution >= 0.6 is 0 Å². The van der Waals surface area contributed by atoms with Gasteiger partial charge in [0.05, 0.1) is 26.8 Å². The Kier molecular flexibility index (Phi) is 7.70. The number of carbonyl (C=O) groups is 3. The van der Waals surface area contributed by atoms with Crippen molar-refractivity contribution < 1.29 is 28.6 Å². The highest BCUT2D eigenvalue weighted by Gasteiger charge is 2.48. The Labute approximate surface area is 192 Å². The van der Waals surface area contributed by atoms with Crippen molar-refractivity contribution in [1.82, 2.24) is 20.0 Å². The predicted molar refractivity (Wildman–Crippen MR) is 119 cm³/mol. The van der Waals surface area contributed by atoms with Gasteiger partial charge in [-0.05, 0) is 26.3 Å². The van der Waals surface area contributed by atoms with E-state index in [-0.39, 0.29) is 37.0 Å². The Morgan fingerprint density at radius 3 is 2.70 bits per heavy atom. The lowest BCUT2D eigenvalue weighted by Gasteiger charge is -2.43. The lowest BCUT2D eigenvalue weighted by atomic mass is 9.94. The molecule has 1 aliphatic heterocycles. The van der Waals surface area contributed by atoms with Crippen LogP contribution in [0.3, 0.4) is 0 Å². The van der Waals surface area contributed by atoms with E-state index < -0.39 is 17.4 Å². The molecule has 3 rings (SSSR count). The van der Waals surface area contributed by atoms with Gasteiger partial charge in [0.15, 0.2) is 5.69 Å². The van der Waals surface area contributed by atoms with Gasteiger partial charge < -0.3 is 24.4 Å². The normalized spacial score (nSPS) is 17.5. The van der Waals surface area contributed by atoms with Crippen molar-refractivity contribution in [3.8, 4) is 5.75 Å². The van der Waals surface area contributed by atoms with E-state index in [1.165, 1.54) is 15.6 Å². The molecule has 0 spiro atoms. The number of carbonyl (C=O) groups excluding carboxylic acids is 3. The number of hydrogen-bond donors (Lipinski definition) is 1. The molecule has 0 radical (unpaired) electrons. The molecular weight excluding hydrogens is 428 g/mol. The van der Waals surface area contributed by atoms with Crippen LogP contribution in [0.15, 0.2) is 30.3 Å². The van der Waals surface area contributed by atoms with Crippen LogP contribution in [0, 0.1) is 0 Å². The first-order chi connectivity index (χ1) is 15.8. The van der Waals surface area contributed by atoms with Crippen LogP contribution in [0.2, 0.25) is 0 Å². The van der Waals surface area contributed by atoms with Crippen molar-refractivity contribution in [1.29, 1.82) is 0 Å². The number of nitrogens with zero attached hydrogens (tertiary/aromatic N) is 3. The third kappa shape index (κ3) is 5.00. The number of nitrogens with one attached hydrogen (secondary N) is 1. The minimum Gasteiger partial charge on any atom is -0.496 e. The highest BCUT2D eigenvalue weighted by molar-refractivity contribution is 6.01. The Hall–Kier alpha value is -3.40. The molecule has 1 aromatic heterocycles. The number of aromatic nitrogens is 2. The van der Waals surface area contributed by atoms with Gasteiger partial charge in [-0.2, -0.15) is 5.10 Å². The standard InChI is InChI=1S/C23H30N4O6/c1-5-33-21(29)17-13-18-20(28)26(14-16-9-6-7-10-19(16)32-4)23(2,15-27(18)25-17)22(30)24-11-8-12-31-3/h6-7,9-10,13H,5,8,11-12,14-15H2,1-4H3,(H,24,30). The summed E-state index contributed by atoms with van der Waals surface area (Å²) in [6.07, 6.45) is 0.638. The van der Waals surface area contributed by atoms with Crippen LogP contribution in [0.5, 0.6) is 5.75 Å². The number of hydrogen-bond acceptors (Lipinski definition) is 7. The fourth-order valence-corrected chi connectivity index (χ4v) is 3.81. The van der Waals surface area contributed by atoms with Gasteiger partial charge in [0.25, 0.3) is 5.91 Å². The summed E-state index contributed by atoms with van der Waals surface area (Å²) in [6, 6.07) is 8.74. The summed E-state index contributed by atoms with van der Waals surface area (Å²) in [4.78, 5) is 40.6. The number of methoxy groups -OCH3 is 2. The number of ether oxygens (including phenoxy) is 3. The van der Waals surface area contributed by atoms with Crippen molar-refractivity contribution in [2.75, 3.05) is 34.0 Å². The second kappa shape index (κ2) is 10.5. The van der Waals surface area contributed by atoms with Crippen molar-refractivity contribution in [3.05, 3.63) is 47.3 Å². The van der Waals surface area contributed by atoms with Gasteiger partial charge in [-0.3, -0.25) is 14.3 Å². The molecule has 10 nitrogen and oxygen atoms in total. The van der Waals surface area contributed by atoms with E-state index in [2.05, 4.69) is 10.4 Å². The largest absolute Gasteiger partial charge is 0.496 e. The van der Waals surface area contributed by atoms with Crippen LogP contribution in [0.1, 0.15) is 46.8 Å². The van der Waals surface area contributed by atoms with E-state index in [0.29, 0.717) is 25.3 Å². The maximum atomic E-state index is 13.6. The molecule has 0 bridgehead atoms. The Bertz CT molecular complexity index is 1020. The van der Waals surface area contributed by atoms with E-state index in [1.54, 1.807) is 34.1 Å². The molecule has 10 heteroatoms. The smallest absolute Gasteiger partial charge is 0.358 e. The maximum absolute atomic E-state index is 13.6. The molecule has 2 amide bonds. The van der Waals surface area contributed by atoms with Crippen LogP contribution in [-0.4, -0.2) is 72.0 Å². The molecular formula is C23H30N4O6. The fourth-order valence-electron chi connectivity index (χ4n) is 3.81. The number of benzene rings is 1. The van der Waals surface area contributed by atoms with Crippen LogP contribution in [0.25, 0.3) is 0 Å². The van der Waals surface area contributed by atoms with E-state index in [4.69, 9.17) is 14.2 Å². The fraction of sp³-hybridized carbons (Fsp3) is 0.478. The molecule has 1 unspecified atom stereocenters. The summed E-state index contributed by atoms with van der Waals surface area (Å²) in [6.45, 7) is 4.71. The summed E-state index contributed by atoms with van der Waals surface area (Å²) in [5.41, 5.74) is -0.249. The van der Waals surface area contributed by atoms with E-state index in [9.17, 15) is 14.4 Å². The van der Waals surface area contributed by atoms with Crippen LogP contribution in [0.4, 0.5) is 0 Å². The molecule has 178 valence electrons. The second-order valence-corrected chi connectivity index (χ2v) is 7.87. The quantitative estimate of drug-likeness (QED) is 0.425. The molecule has 0 saturated carbocycles. The second-order valence-electron chi connectivity index (χ2n) is 7.87. The molecule has 1 aliphatic rings. The summed E-state index contributed by atoms with van der Waals surface area (Å²) in [5.74, 6) is -0.737. The number of amides is 2. The first-order valence-electron chi connectivity index (χ1n) is 10.8. The number of para-hydroxylation sites is 1. The maximum Gasteiger partial charge on any atom is 0.358 e. The lowest BCUT2D eigenvalue weighted by Crippen LogP contribution is -2.63. The van der Waals surface area contributed by atoms with Gasteiger partial charge in [-0.15, -0.1) is 0 Å². The van der Waals surface area contributed by atoms with Crippen LogP contribution in [-0.2, 0) is 27.4 Å². The predicted octanol–water partition coefficient (Wildman–Crippen LogP) is 1.64. The SMILES string of the molecule is CCOC(=O)c1cc2n(n1)CC(C)(C(=O)NCCCOC)N(Cc1ccccc1OC)C2=O. The Balaban J connectivity index is 1.98. The molecule has 2 aromatic rings. The molecule has 0 aliphatic carbocycles. The van der Waals surface area contributed by atoms with Gasteiger partial charge in [-0.1, -0.05) is 18.2 Å². The van der Waals surface area contributed by atoms with Crippen molar-refractivity contribution in [2.45, 2.75) is 38.9 Å². The van der Waals surface area contributed by atoms with Crippen molar-refractivity contribution in [2.24, 2.45) is 0 Å². The van der Waals surface area contributed by atoms with Gasteiger partial charge >= 0.3 is 5.97 Å². The molecule has 0 fully saturated rings. The zero-order chi connectivity index (χ0) is 24.0. The van der Waals surface area contributed by atoms with E-state index in [1.807, 2.05) is 18.2 Å². The molecule has 1 aromatic carbocycles. The van der Waals surface area contributed by atoms with E-state index in [0.717, 1.165) is 5.56 Å². The van der Waals surface area contributed by atoms with Crippen molar-refractivity contribution in [3.63, 3.8) is 0 Å². The monoisotopic (exact) mass is 458 g/mol. The number of esters is 1. The third-order valence-electron chi connectivity index (χ3n) is 5.60. The van der Waals surface area contributed by atoms with Gasteiger partial charge in [0.2, 0.25) is 5.91 Å². The summed E-state index contributed by atoms with van der Waals surface area (Å²) < 4.78 is 16.9. The highest BCUT2D eigenvalue weighted by atomic mass is 16.5. The highest BCUT2D eigenvalue weighted by Crippen LogP contribution is 2.31. The lowest BCUT2D eigenvalue weighted by molar-refractivity contribution is -0.133. The number of rotatable bonds is 10. The summed E-state index contributed by atoms with van der Waals surface area (Å²) in [7, 11) is 3.15. The Morgan fingerprint density at radius 1 is 1.24 bits per heavy atom. The molecule has 33 heavy (non-hydrogen) atoms. The summed E-state index contributed by atoms with van der Waals surface area (Å²) >= 11 is 0. The van der Waals surface area contributed by atoms with Gasteiger partial charge in [0.1, 0.15) is 17.0 Å². The molecule has 1 atom stereocenters. The minimum atomic E-state index is -1.25. The third-order valence-corrected chi connectivity index (χ3v) is 5.60. The average molecular weight is 459 g/mol. The van der Waals surface area contributed by atoms with E-state index >= 15 is 0 Å². The van der Waals surface area contributed by atoms with Crippen LogP contribution < -0.4 is 10.1 Å². The minimum absolute atomic E-state index is 0.0298. The average Bonchev–Trinajstić information content (AvgIpc) is 3.24. The Morgan fingerprint density at radius 2 is 2.00 bits per heavy atom. The topological polar surface area (TPSA) is 112 Å². The first-order valence-corrected chi connectivity index (χ1v) is 10.8. The first kappa shape index (κ1) is 24.2. The molecule has 1 N–H and O–H groups in total. The van der Waals surface area contributed by atoms with Crippen molar-refractivity contribution >= 4 is 17.8 Å². The zero-order valence-corrected chi connectivity index (χ0v) is 19.4. The van der Waals surface area contributed by atoms with Gasteiger partial charge in [0, 0.05) is 31.9 Å². The number of fused-ring (bicyclic) bond motifs is 1.